The van der Waals surface area contributed by atoms with Gasteiger partial charge in [0.2, 0.25) is 0 Å². The van der Waals surface area contributed by atoms with Crippen molar-refractivity contribution in [3.63, 3.8) is 0 Å². The van der Waals surface area contributed by atoms with Crippen molar-refractivity contribution in [2.24, 2.45) is 0 Å². The van der Waals surface area contributed by atoms with Crippen molar-refractivity contribution in [2.45, 2.75) is 34.2 Å². The van der Waals surface area contributed by atoms with Gasteiger partial charge in [-0.05, 0) is 50.5 Å². The number of carboxylic acid groups (broad SMARTS) is 1. The third-order valence-corrected chi connectivity index (χ3v) is 3.75. The van der Waals surface area contributed by atoms with Crippen LogP contribution in [0.1, 0.15) is 38.3 Å². The molecule has 2 aromatic rings. The van der Waals surface area contributed by atoms with E-state index in [0.29, 0.717) is 12.1 Å². The first-order chi connectivity index (χ1) is 9.81. The fraction of sp³-hybridized carbons (Fsp3) is 0.294. The number of aryl methyl sites for hydroxylation is 4. The first-order valence-electron chi connectivity index (χ1n) is 6.81. The summed E-state index contributed by atoms with van der Waals surface area (Å²) in [6.07, 6.45) is 0. The zero-order valence-corrected chi connectivity index (χ0v) is 12.7. The van der Waals surface area contributed by atoms with Crippen molar-refractivity contribution in [3.05, 3.63) is 68.1 Å². The molecule has 2 rings (SSSR count). The second-order valence-electron chi connectivity index (χ2n) is 5.47. The van der Waals surface area contributed by atoms with Crippen molar-refractivity contribution < 1.29 is 9.90 Å². The Labute approximate surface area is 123 Å². The number of hydrogen-bond acceptors (Lipinski definition) is 2. The maximum atomic E-state index is 12.4. The Balaban J connectivity index is 2.60. The molecule has 0 fully saturated rings. The lowest BCUT2D eigenvalue weighted by Crippen LogP contribution is -2.29. The lowest BCUT2D eigenvalue weighted by Gasteiger charge is -2.15. The summed E-state index contributed by atoms with van der Waals surface area (Å²) in [6, 6.07) is 7.81. The normalized spacial score (nSPS) is 10.7. The van der Waals surface area contributed by atoms with Gasteiger partial charge in [0.05, 0.1) is 6.54 Å². The summed E-state index contributed by atoms with van der Waals surface area (Å²) in [7, 11) is 0. The van der Waals surface area contributed by atoms with Crippen LogP contribution in [0, 0.1) is 27.7 Å². The summed E-state index contributed by atoms with van der Waals surface area (Å²) >= 11 is 0. The molecule has 110 valence electrons. The van der Waals surface area contributed by atoms with Crippen LogP contribution in [0.3, 0.4) is 0 Å². The lowest BCUT2D eigenvalue weighted by molar-refractivity contribution is 0.0693. The molecule has 1 aromatic carbocycles. The van der Waals surface area contributed by atoms with Gasteiger partial charge in [-0.25, -0.2) is 4.79 Å². The smallest absolute Gasteiger partial charge is 0.341 e. The quantitative estimate of drug-likeness (QED) is 0.943. The number of carboxylic acids is 1. The van der Waals surface area contributed by atoms with Crippen LogP contribution in [-0.2, 0) is 6.54 Å². The van der Waals surface area contributed by atoms with Gasteiger partial charge >= 0.3 is 5.97 Å². The van der Waals surface area contributed by atoms with Crippen LogP contribution in [0.25, 0.3) is 0 Å². The third kappa shape index (κ3) is 2.89. The van der Waals surface area contributed by atoms with E-state index in [0.717, 1.165) is 22.4 Å². The van der Waals surface area contributed by atoms with Gasteiger partial charge in [0.25, 0.3) is 5.56 Å². The molecule has 0 saturated carbocycles. The van der Waals surface area contributed by atoms with E-state index in [4.69, 9.17) is 0 Å². The van der Waals surface area contributed by atoms with Crippen LogP contribution in [0.2, 0.25) is 0 Å². The van der Waals surface area contributed by atoms with Crippen LogP contribution in [0.4, 0.5) is 0 Å². The number of rotatable bonds is 3. The van der Waals surface area contributed by atoms with E-state index in [1.165, 1.54) is 4.57 Å². The van der Waals surface area contributed by atoms with Crippen molar-refractivity contribution >= 4 is 5.97 Å². The molecular weight excluding hydrogens is 266 g/mol. The highest BCUT2D eigenvalue weighted by molar-refractivity contribution is 5.88. The fourth-order valence-electron chi connectivity index (χ4n) is 2.52. The van der Waals surface area contributed by atoms with Gasteiger partial charge in [-0.3, -0.25) is 4.79 Å². The van der Waals surface area contributed by atoms with Crippen LogP contribution in [0.15, 0.2) is 29.1 Å². The number of carbonyl (C=O) groups is 1. The van der Waals surface area contributed by atoms with E-state index in [-0.39, 0.29) is 5.56 Å². The standard InChI is InChI=1S/C17H19NO3/c1-10-5-6-11(2)14(7-10)9-18-13(4)8-12(3)15(16(18)19)17(20)21/h5-8H,9H2,1-4H3,(H,20,21). The summed E-state index contributed by atoms with van der Waals surface area (Å²) in [5.74, 6) is -1.17. The molecule has 0 unspecified atom stereocenters. The molecule has 0 amide bonds. The Kier molecular flexibility index (Phi) is 3.98. The number of hydrogen-bond donors (Lipinski definition) is 1. The highest BCUT2D eigenvalue weighted by Crippen LogP contribution is 2.14. The van der Waals surface area contributed by atoms with Gasteiger partial charge < -0.3 is 9.67 Å². The van der Waals surface area contributed by atoms with Crippen LogP contribution < -0.4 is 5.56 Å². The third-order valence-electron chi connectivity index (χ3n) is 3.75. The van der Waals surface area contributed by atoms with Crippen molar-refractivity contribution in [1.82, 2.24) is 4.57 Å². The molecule has 4 nitrogen and oxygen atoms in total. The molecule has 0 aliphatic carbocycles. The zero-order valence-electron chi connectivity index (χ0n) is 12.7. The van der Waals surface area contributed by atoms with Gasteiger partial charge in [-0.1, -0.05) is 23.8 Å². The Morgan fingerprint density at radius 3 is 2.38 bits per heavy atom. The second-order valence-corrected chi connectivity index (χ2v) is 5.47. The summed E-state index contributed by atoms with van der Waals surface area (Å²) in [5, 5.41) is 9.21. The lowest BCUT2D eigenvalue weighted by atomic mass is 10.0. The minimum absolute atomic E-state index is 0.147. The highest BCUT2D eigenvalue weighted by atomic mass is 16.4. The molecule has 0 aliphatic rings. The van der Waals surface area contributed by atoms with Crippen molar-refractivity contribution in [1.29, 1.82) is 0 Å². The minimum Gasteiger partial charge on any atom is -0.477 e. The fourth-order valence-corrected chi connectivity index (χ4v) is 2.52. The predicted octanol–water partition coefficient (Wildman–Crippen LogP) is 2.83. The van der Waals surface area contributed by atoms with Gasteiger partial charge in [0.15, 0.2) is 0 Å². The van der Waals surface area contributed by atoms with Crippen LogP contribution in [-0.4, -0.2) is 15.6 Å². The summed E-state index contributed by atoms with van der Waals surface area (Å²) < 4.78 is 1.53. The topological polar surface area (TPSA) is 59.3 Å². The van der Waals surface area contributed by atoms with Crippen molar-refractivity contribution in [3.8, 4) is 0 Å². The van der Waals surface area contributed by atoms with Gasteiger partial charge in [0.1, 0.15) is 5.56 Å². The van der Waals surface area contributed by atoms with Crippen LogP contribution in [0.5, 0.6) is 0 Å². The monoisotopic (exact) mass is 285 g/mol. The van der Waals surface area contributed by atoms with E-state index in [9.17, 15) is 14.7 Å². The Bertz CT molecular complexity index is 772. The molecule has 4 heteroatoms. The molecule has 0 atom stereocenters. The van der Waals surface area contributed by atoms with E-state index in [2.05, 4.69) is 0 Å². The number of pyridine rings is 1. The summed E-state index contributed by atoms with van der Waals surface area (Å²) in [4.78, 5) is 23.7. The summed E-state index contributed by atoms with van der Waals surface area (Å²) in [6.45, 7) is 7.85. The summed E-state index contributed by atoms with van der Waals surface area (Å²) in [5.41, 5.74) is 3.91. The molecule has 0 spiro atoms. The van der Waals surface area contributed by atoms with Crippen LogP contribution >= 0.6 is 0 Å². The van der Waals surface area contributed by atoms with E-state index in [1.807, 2.05) is 39.0 Å². The number of benzene rings is 1. The van der Waals surface area contributed by atoms with E-state index >= 15 is 0 Å². The first kappa shape index (κ1) is 15.0. The van der Waals surface area contributed by atoms with Gasteiger partial charge in [-0.2, -0.15) is 0 Å². The molecule has 0 radical (unpaired) electrons. The SMILES string of the molecule is Cc1ccc(C)c(Cn2c(C)cc(C)c(C(=O)O)c2=O)c1. The number of aromatic nitrogens is 1. The molecule has 0 saturated heterocycles. The highest BCUT2D eigenvalue weighted by Gasteiger charge is 2.17. The number of nitrogens with zero attached hydrogens (tertiary/aromatic N) is 1. The first-order valence-corrected chi connectivity index (χ1v) is 6.81. The maximum Gasteiger partial charge on any atom is 0.341 e. The average molecular weight is 285 g/mol. The Hall–Kier alpha value is -2.36. The van der Waals surface area contributed by atoms with E-state index in [1.54, 1.807) is 13.0 Å². The van der Waals surface area contributed by atoms with Crippen molar-refractivity contribution in [2.75, 3.05) is 0 Å². The molecule has 1 N–H and O–H groups in total. The average Bonchev–Trinajstić information content (AvgIpc) is 2.37. The maximum absolute atomic E-state index is 12.4. The van der Waals surface area contributed by atoms with Gasteiger partial charge in [0, 0.05) is 5.69 Å². The Morgan fingerprint density at radius 1 is 1.10 bits per heavy atom. The predicted molar refractivity (Wildman–Crippen MR) is 82.2 cm³/mol. The molecular formula is C17H19NO3. The minimum atomic E-state index is -1.17. The molecule has 1 aromatic heterocycles. The molecule has 0 aliphatic heterocycles. The largest absolute Gasteiger partial charge is 0.477 e. The van der Waals surface area contributed by atoms with E-state index < -0.39 is 11.5 Å². The second kappa shape index (κ2) is 5.56. The van der Waals surface area contributed by atoms with Gasteiger partial charge in [-0.15, -0.1) is 0 Å². The number of aromatic carboxylic acids is 1. The zero-order chi connectivity index (χ0) is 15.7. The Morgan fingerprint density at radius 2 is 1.76 bits per heavy atom. The molecule has 0 bridgehead atoms. The molecule has 1 heterocycles. The molecule has 21 heavy (non-hydrogen) atoms.